The number of amides is 1. The predicted octanol–water partition coefficient (Wildman–Crippen LogP) is 3.56. The molecule has 2 aromatic rings. The molecule has 6 heteroatoms. The summed E-state index contributed by atoms with van der Waals surface area (Å²) in [7, 11) is 1.34. The molecule has 0 saturated heterocycles. The number of carbonyl (C=O) groups is 2. The van der Waals surface area contributed by atoms with Crippen molar-refractivity contribution in [2.24, 2.45) is 0 Å². The molecule has 0 spiro atoms. The summed E-state index contributed by atoms with van der Waals surface area (Å²) in [6.45, 7) is 4.69. The van der Waals surface area contributed by atoms with E-state index >= 15 is 0 Å². The van der Waals surface area contributed by atoms with Crippen LogP contribution in [0.3, 0.4) is 0 Å². The van der Waals surface area contributed by atoms with E-state index < -0.39 is 5.97 Å². The van der Waals surface area contributed by atoms with Crippen LogP contribution < -0.4 is 4.90 Å². The van der Waals surface area contributed by atoms with Gasteiger partial charge in [-0.05, 0) is 49.4 Å². The second kappa shape index (κ2) is 7.91. The van der Waals surface area contributed by atoms with Crippen molar-refractivity contribution in [2.75, 3.05) is 24.3 Å². The molecule has 1 aliphatic rings. The molecule has 0 fully saturated rings. The second-order valence-corrected chi connectivity index (χ2v) is 7.32. The van der Waals surface area contributed by atoms with Gasteiger partial charge in [0.25, 0.3) is 0 Å². The van der Waals surface area contributed by atoms with E-state index in [1.165, 1.54) is 30.6 Å². The Balaban J connectivity index is 1.72. The summed E-state index contributed by atoms with van der Waals surface area (Å²) in [5, 5.41) is 0.757. The first-order valence-corrected chi connectivity index (χ1v) is 9.56. The third kappa shape index (κ3) is 3.75. The maximum Gasteiger partial charge on any atom is 0.339 e. The van der Waals surface area contributed by atoms with Crippen molar-refractivity contribution in [3.63, 3.8) is 0 Å². The quantitative estimate of drug-likeness (QED) is 0.608. The lowest BCUT2D eigenvalue weighted by Gasteiger charge is -2.31. The molecule has 1 aromatic carbocycles. The topological polar surface area (TPSA) is 59.5 Å². The number of aryl methyl sites for hydroxylation is 3. The highest BCUT2D eigenvalue weighted by Crippen LogP contribution is 2.31. The summed E-state index contributed by atoms with van der Waals surface area (Å²) in [6.07, 6.45) is 3.49. The number of benzene rings is 1. The monoisotopic (exact) mass is 370 g/mol. The molecule has 0 aliphatic carbocycles. The van der Waals surface area contributed by atoms with Crippen molar-refractivity contribution in [2.45, 2.75) is 31.7 Å². The lowest BCUT2D eigenvalue weighted by molar-refractivity contribution is -0.116. The lowest BCUT2D eigenvalue weighted by atomic mass is 9.98. The van der Waals surface area contributed by atoms with Crippen LogP contribution in [-0.4, -0.2) is 36.3 Å². The molecule has 1 aromatic heterocycles. The summed E-state index contributed by atoms with van der Waals surface area (Å²) in [6, 6.07) is 7.94. The summed E-state index contributed by atoms with van der Waals surface area (Å²) in [5.41, 5.74) is 4.72. The Morgan fingerprint density at radius 2 is 2.08 bits per heavy atom. The van der Waals surface area contributed by atoms with Crippen LogP contribution in [0.4, 0.5) is 5.69 Å². The number of rotatable bonds is 4. The van der Waals surface area contributed by atoms with E-state index in [1.54, 1.807) is 6.07 Å². The molecule has 0 N–H and O–H groups in total. The van der Waals surface area contributed by atoms with Gasteiger partial charge >= 0.3 is 5.97 Å². The van der Waals surface area contributed by atoms with Gasteiger partial charge in [-0.25, -0.2) is 9.78 Å². The lowest BCUT2D eigenvalue weighted by Crippen LogP contribution is -2.37. The minimum atomic E-state index is -0.409. The van der Waals surface area contributed by atoms with Gasteiger partial charge in [0, 0.05) is 18.4 Å². The fraction of sp³-hybridized carbons (Fsp3) is 0.350. The Labute approximate surface area is 157 Å². The molecule has 0 saturated carbocycles. The molecule has 0 unspecified atom stereocenters. The number of esters is 1. The first-order valence-electron chi connectivity index (χ1n) is 8.58. The maximum atomic E-state index is 12.8. The number of anilines is 1. The number of aromatic nitrogens is 1. The van der Waals surface area contributed by atoms with Gasteiger partial charge < -0.3 is 9.64 Å². The van der Waals surface area contributed by atoms with Gasteiger partial charge in [-0.15, -0.1) is 0 Å². The Hall–Kier alpha value is -2.34. The van der Waals surface area contributed by atoms with Crippen LogP contribution in [0, 0.1) is 13.8 Å². The van der Waals surface area contributed by atoms with Crippen molar-refractivity contribution in [3.8, 4) is 0 Å². The fourth-order valence-corrected chi connectivity index (χ4v) is 4.08. The van der Waals surface area contributed by atoms with Crippen molar-refractivity contribution >= 4 is 29.3 Å². The van der Waals surface area contributed by atoms with E-state index in [9.17, 15) is 9.59 Å². The van der Waals surface area contributed by atoms with Crippen LogP contribution in [0.25, 0.3) is 0 Å². The fourth-order valence-electron chi connectivity index (χ4n) is 3.25. The van der Waals surface area contributed by atoms with E-state index in [1.807, 2.05) is 17.9 Å². The summed E-state index contributed by atoms with van der Waals surface area (Å²) >= 11 is 1.40. The smallest absolute Gasteiger partial charge is 0.339 e. The van der Waals surface area contributed by atoms with Crippen molar-refractivity contribution in [3.05, 3.63) is 52.7 Å². The number of nitrogens with zero attached hydrogens (tertiary/aromatic N) is 2. The largest absolute Gasteiger partial charge is 0.465 e. The van der Waals surface area contributed by atoms with E-state index in [2.05, 4.69) is 24.0 Å². The Morgan fingerprint density at radius 1 is 1.27 bits per heavy atom. The molecule has 1 aliphatic heterocycles. The number of hydrogen-bond donors (Lipinski definition) is 0. The number of methoxy groups -OCH3 is 1. The third-order valence-corrected chi connectivity index (χ3v) is 5.60. The average Bonchev–Trinajstić information content (AvgIpc) is 2.66. The standard InChI is InChI=1S/C20H22N2O3S/c1-13-6-4-7-15-8-5-9-22(18(13)15)17(23)12-26-19-14(2)10-16(11-21-19)20(24)25-3/h4,6-7,10-11H,5,8-9,12H2,1-3H3. The summed E-state index contributed by atoms with van der Waals surface area (Å²) < 4.78 is 4.71. The molecule has 3 rings (SSSR count). The van der Waals surface area contributed by atoms with Crippen LogP contribution in [0.1, 0.15) is 33.5 Å². The van der Waals surface area contributed by atoms with Gasteiger partial charge in [-0.2, -0.15) is 0 Å². The highest BCUT2D eigenvalue weighted by Gasteiger charge is 2.24. The van der Waals surface area contributed by atoms with E-state index in [-0.39, 0.29) is 5.91 Å². The highest BCUT2D eigenvalue weighted by atomic mass is 32.2. The molecule has 2 heterocycles. The molecule has 0 radical (unpaired) electrons. The third-order valence-electron chi connectivity index (χ3n) is 4.50. The maximum absolute atomic E-state index is 12.8. The second-order valence-electron chi connectivity index (χ2n) is 6.36. The van der Waals surface area contributed by atoms with Crippen LogP contribution in [0.15, 0.2) is 35.5 Å². The normalized spacial score (nSPS) is 13.3. The minimum absolute atomic E-state index is 0.0866. The van der Waals surface area contributed by atoms with Gasteiger partial charge in [-0.3, -0.25) is 4.79 Å². The Morgan fingerprint density at radius 3 is 2.81 bits per heavy atom. The number of fused-ring (bicyclic) bond motifs is 1. The average molecular weight is 370 g/mol. The van der Waals surface area contributed by atoms with E-state index in [4.69, 9.17) is 4.74 Å². The van der Waals surface area contributed by atoms with Gasteiger partial charge in [0.15, 0.2) is 0 Å². The van der Waals surface area contributed by atoms with E-state index in [0.29, 0.717) is 11.3 Å². The molecule has 5 nitrogen and oxygen atoms in total. The number of carbonyl (C=O) groups excluding carboxylic acids is 2. The zero-order chi connectivity index (χ0) is 18.7. The zero-order valence-electron chi connectivity index (χ0n) is 15.2. The summed E-state index contributed by atoms with van der Waals surface area (Å²) in [4.78, 5) is 30.6. The van der Waals surface area contributed by atoms with Gasteiger partial charge in [0.2, 0.25) is 5.91 Å². The highest BCUT2D eigenvalue weighted by molar-refractivity contribution is 8.00. The SMILES string of the molecule is COC(=O)c1cnc(SCC(=O)N2CCCc3cccc(C)c32)c(C)c1. The van der Waals surface area contributed by atoms with Crippen LogP contribution in [0.5, 0.6) is 0 Å². The first-order chi connectivity index (χ1) is 12.5. The molecular formula is C20H22N2O3S. The number of pyridine rings is 1. The molecular weight excluding hydrogens is 348 g/mol. The van der Waals surface area contributed by atoms with Crippen molar-refractivity contribution < 1.29 is 14.3 Å². The predicted molar refractivity (Wildman–Crippen MR) is 103 cm³/mol. The first kappa shape index (κ1) is 18.5. The van der Waals surface area contributed by atoms with Crippen LogP contribution in [-0.2, 0) is 16.0 Å². The number of thioether (sulfide) groups is 1. The van der Waals surface area contributed by atoms with Crippen molar-refractivity contribution in [1.82, 2.24) is 4.98 Å². The molecule has 0 atom stereocenters. The van der Waals surface area contributed by atoms with Crippen LogP contribution >= 0.6 is 11.8 Å². The molecule has 136 valence electrons. The molecule has 26 heavy (non-hydrogen) atoms. The van der Waals surface area contributed by atoms with Crippen molar-refractivity contribution in [1.29, 1.82) is 0 Å². The number of para-hydroxylation sites is 1. The zero-order valence-corrected chi connectivity index (χ0v) is 16.1. The van der Waals surface area contributed by atoms with Gasteiger partial charge in [-0.1, -0.05) is 30.0 Å². The van der Waals surface area contributed by atoms with Gasteiger partial charge in [0.1, 0.15) is 0 Å². The number of hydrogen-bond acceptors (Lipinski definition) is 5. The summed E-state index contributed by atoms with van der Waals surface area (Å²) in [5.74, 6) is -0.00348. The Bertz CT molecular complexity index is 851. The number of ether oxygens (including phenoxy) is 1. The molecule has 0 bridgehead atoms. The Kier molecular flexibility index (Phi) is 5.61. The van der Waals surface area contributed by atoms with Gasteiger partial charge in [0.05, 0.1) is 23.5 Å². The minimum Gasteiger partial charge on any atom is -0.465 e. The van der Waals surface area contributed by atoms with E-state index in [0.717, 1.165) is 41.2 Å². The molecule has 1 amide bonds. The van der Waals surface area contributed by atoms with Crippen LogP contribution in [0.2, 0.25) is 0 Å².